The third kappa shape index (κ3) is 3.49. The molecule has 2 rings (SSSR count). The van der Waals surface area contributed by atoms with E-state index in [0.29, 0.717) is 6.08 Å². The Morgan fingerprint density at radius 1 is 1.00 bits per heavy atom. The number of aliphatic hydroxyl groups is 5. The van der Waals surface area contributed by atoms with E-state index in [1.54, 1.807) is 0 Å². The van der Waals surface area contributed by atoms with Crippen LogP contribution in [0.3, 0.4) is 0 Å². The van der Waals surface area contributed by atoms with E-state index in [2.05, 4.69) is 4.74 Å². The molecule has 0 bridgehead atoms. The summed E-state index contributed by atoms with van der Waals surface area (Å²) in [5.41, 5.74) is 0. The zero-order chi connectivity index (χ0) is 18.2. The van der Waals surface area contributed by atoms with Crippen molar-refractivity contribution in [3.8, 4) is 0 Å². The molecule has 136 valence electrons. The largest absolute Gasteiger partial charge is 0.479 e. The molecule has 0 aliphatic carbocycles. The number of carbonyl (C=O) groups is 2. The number of hydrogen-bond acceptors (Lipinski definition) is 10. The number of aliphatic carboxylic acids is 2. The van der Waals surface area contributed by atoms with Gasteiger partial charge < -0.3 is 50.0 Å². The predicted octanol–water partition coefficient (Wildman–Crippen LogP) is -4.06. The van der Waals surface area contributed by atoms with E-state index in [0.717, 1.165) is 0 Å². The number of hydrogen-bond donors (Lipinski definition) is 7. The third-order valence-corrected chi connectivity index (χ3v) is 3.50. The maximum absolute atomic E-state index is 11.2. The highest BCUT2D eigenvalue weighted by molar-refractivity contribution is 5.84. The SMILES string of the molecule is O=C(O)C1=C[C@H](O)[C@H](O)[C@H](O[C@H]2[C@H](O)[C@H](O)[C@@H](O)O[C@@H]2C(=O)O)O1. The van der Waals surface area contributed by atoms with Gasteiger partial charge in [-0.15, -0.1) is 0 Å². The molecule has 0 unspecified atom stereocenters. The molecule has 0 aromatic carbocycles. The van der Waals surface area contributed by atoms with Crippen LogP contribution in [0.15, 0.2) is 11.8 Å². The minimum atomic E-state index is -2.00. The standard InChI is InChI=1S/C12H16O12/c13-2-1-3(9(17)18)22-12(4(2)14)24-7-5(15)6(16)11(21)23-8(7)10(19)20/h1-2,4-8,11-16,21H,(H,17,18)(H,19,20)/t2-,4-,5+,6-,7-,8-,11-,12-/m0/s1. The smallest absolute Gasteiger partial charge is 0.371 e. The van der Waals surface area contributed by atoms with Crippen molar-refractivity contribution in [1.29, 1.82) is 0 Å². The Bertz CT molecular complexity index is 532. The molecular formula is C12H16O12. The number of aliphatic hydroxyl groups excluding tert-OH is 5. The summed E-state index contributed by atoms with van der Waals surface area (Å²) in [6.45, 7) is 0. The molecule has 12 nitrogen and oxygen atoms in total. The lowest BCUT2D eigenvalue weighted by molar-refractivity contribution is -0.319. The van der Waals surface area contributed by atoms with Crippen LogP contribution in [0.25, 0.3) is 0 Å². The fourth-order valence-corrected chi connectivity index (χ4v) is 2.23. The summed E-state index contributed by atoms with van der Waals surface area (Å²) in [6, 6.07) is 0. The van der Waals surface area contributed by atoms with Crippen molar-refractivity contribution in [1.82, 2.24) is 0 Å². The lowest BCUT2D eigenvalue weighted by Gasteiger charge is -2.41. The summed E-state index contributed by atoms with van der Waals surface area (Å²) in [7, 11) is 0. The summed E-state index contributed by atoms with van der Waals surface area (Å²) in [4.78, 5) is 22.0. The van der Waals surface area contributed by atoms with Crippen LogP contribution in [0.4, 0.5) is 0 Å². The van der Waals surface area contributed by atoms with Gasteiger partial charge in [0.05, 0.1) is 0 Å². The van der Waals surface area contributed by atoms with Crippen molar-refractivity contribution in [2.75, 3.05) is 0 Å². The summed E-state index contributed by atoms with van der Waals surface area (Å²) < 4.78 is 14.4. The van der Waals surface area contributed by atoms with Crippen LogP contribution in [-0.4, -0.2) is 96.9 Å². The Balaban J connectivity index is 2.21. The second-order valence-corrected chi connectivity index (χ2v) is 5.17. The number of carboxylic acids is 2. The molecule has 0 spiro atoms. The van der Waals surface area contributed by atoms with Gasteiger partial charge in [-0.25, -0.2) is 9.59 Å². The fourth-order valence-electron chi connectivity index (χ4n) is 2.23. The van der Waals surface area contributed by atoms with Crippen LogP contribution in [0.1, 0.15) is 0 Å². The monoisotopic (exact) mass is 352 g/mol. The molecule has 0 amide bonds. The van der Waals surface area contributed by atoms with Crippen LogP contribution in [-0.2, 0) is 23.8 Å². The summed E-state index contributed by atoms with van der Waals surface area (Å²) in [6.07, 6.45) is -14.3. The van der Waals surface area contributed by atoms with Crippen molar-refractivity contribution in [2.45, 2.75) is 49.2 Å². The Morgan fingerprint density at radius 2 is 1.62 bits per heavy atom. The number of rotatable bonds is 4. The second kappa shape index (κ2) is 6.98. The molecule has 0 radical (unpaired) electrons. The molecule has 0 saturated carbocycles. The van der Waals surface area contributed by atoms with Crippen LogP contribution >= 0.6 is 0 Å². The summed E-state index contributed by atoms with van der Waals surface area (Å²) in [5.74, 6) is -4.01. The molecule has 8 atom stereocenters. The minimum absolute atomic E-state index is 0.702. The van der Waals surface area contributed by atoms with Crippen LogP contribution < -0.4 is 0 Å². The Hall–Kier alpha value is -1.80. The minimum Gasteiger partial charge on any atom is -0.479 e. The van der Waals surface area contributed by atoms with Gasteiger partial charge in [-0.1, -0.05) is 0 Å². The highest BCUT2D eigenvalue weighted by atomic mass is 16.7. The average Bonchev–Trinajstić information content (AvgIpc) is 2.51. The van der Waals surface area contributed by atoms with E-state index in [4.69, 9.17) is 19.7 Å². The van der Waals surface area contributed by atoms with Gasteiger partial charge in [0.25, 0.3) is 0 Å². The van der Waals surface area contributed by atoms with Gasteiger partial charge in [0.1, 0.15) is 30.5 Å². The maximum atomic E-state index is 11.2. The van der Waals surface area contributed by atoms with E-state index in [1.807, 2.05) is 0 Å². The van der Waals surface area contributed by atoms with Gasteiger partial charge in [0.15, 0.2) is 12.4 Å². The molecule has 1 fully saturated rings. The van der Waals surface area contributed by atoms with Gasteiger partial charge in [-0.2, -0.15) is 0 Å². The van der Waals surface area contributed by atoms with Gasteiger partial charge in [0, 0.05) is 0 Å². The molecule has 7 N–H and O–H groups in total. The van der Waals surface area contributed by atoms with E-state index in [-0.39, 0.29) is 0 Å². The zero-order valence-corrected chi connectivity index (χ0v) is 11.9. The molecule has 12 heteroatoms. The van der Waals surface area contributed by atoms with E-state index in [1.165, 1.54) is 0 Å². The van der Waals surface area contributed by atoms with E-state index < -0.39 is 66.9 Å². The molecular weight excluding hydrogens is 336 g/mol. The van der Waals surface area contributed by atoms with E-state index >= 15 is 0 Å². The van der Waals surface area contributed by atoms with Crippen LogP contribution in [0.2, 0.25) is 0 Å². The summed E-state index contributed by atoms with van der Waals surface area (Å²) >= 11 is 0. The Kier molecular flexibility index (Phi) is 5.39. The van der Waals surface area contributed by atoms with E-state index in [9.17, 15) is 35.1 Å². The van der Waals surface area contributed by atoms with Crippen molar-refractivity contribution >= 4 is 11.9 Å². The molecule has 2 aliphatic rings. The normalized spacial score (nSPS) is 42.8. The first kappa shape index (κ1) is 18.5. The first-order valence-corrected chi connectivity index (χ1v) is 6.69. The molecule has 24 heavy (non-hydrogen) atoms. The highest BCUT2D eigenvalue weighted by Crippen LogP contribution is 2.27. The molecule has 2 aliphatic heterocycles. The average molecular weight is 352 g/mol. The van der Waals surface area contributed by atoms with Crippen molar-refractivity contribution in [3.05, 3.63) is 11.8 Å². The lowest BCUT2D eigenvalue weighted by atomic mass is 9.98. The third-order valence-electron chi connectivity index (χ3n) is 3.50. The molecule has 1 saturated heterocycles. The van der Waals surface area contributed by atoms with Gasteiger partial charge in [-0.3, -0.25) is 0 Å². The van der Waals surface area contributed by atoms with Crippen molar-refractivity contribution in [2.24, 2.45) is 0 Å². The lowest BCUT2D eigenvalue weighted by Crippen LogP contribution is -2.62. The Labute approximate surface area is 133 Å². The number of ether oxygens (including phenoxy) is 3. The van der Waals surface area contributed by atoms with Crippen LogP contribution in [0.5, 0.6) is 0 Å². The maximum Gasteiger partial charge on any atom is 0.371 e. The molecule has 0 aromatic rings. The highest BCUT2D eigenvalue weighted by Gasteiger charge is 2.50. The zero-order valence-electron chi connectivity index (χ0n) is 11.9. The van der Waals surface area contributed by atoms with Gasteiger partial charge in [-0.05, 0) is 6.08 Å². The van der Waals surface area contributed by atoms with Gasteiger partial charge in [0.2, 0.25) is 12.0 Å². The first-order chi connectivity index (χ1) is 11.1. The van der Waals surface area contributed by atoms with Crippen LogP contribution in [0, 0.1) is 0 Å². The summed E-state index contributed by atoms with van der Waals surface area (Å²) in [5, 5.41) is 66.0. The second-order valence-electron chi connectivity index (χ2n) is 5.17. The molecule has 2 heterocycles. The first-order valence-electron chi connectivity index (χ1n) is 6.69. The van der Waals surface area contributed by atoms with Gasteiger partial charge >= 0.3 is 11.9 Å². The van der Waals surface area contributed by atoms with Crippen molar-refractivity contribution in [3.63, 3.8) is 0 Å². The van der Waals surface area contributed by atoms with Crippen molar-refractivity contribution < 1.29 is 59.5 Å². The molecule has 0 aromatic heterocycles. The fraction of sp³-hybridized carbons (Fsp3) is 0.667. The quantitative estimate of drug-likeness (QED) is 0.258. The Morgan fingerprint density at radius 3 is 2.17 bits per heavy atom. The predicted molar refractivity (Wildman–Crippen MR) is 68.0 cm³/mol. The topological polar surface area (TPSA) is 203 Å². The number of carboxylic acid groups (broad SMARTS) is 2.